The Hall–Kier alpha value is -2.80. The number of hydrogen-bond donors (Lipinski definition) is 0. The van der Waals surface area contributed by atoms with Crippen LogP contribution in [0.3, 0.4) is 0 Å². The summed E-state index contributed by atoms with van der Waals surface area (Å²) in [5.74, 6) is 0.843. The standard InChI is InChI=1S/C46H72O13Si/c1-46(2,3)60(44-15-9-5-10-16-44,45-17-11-6-12-18-45)59-42-40-57-38-36-55-34-32-53-30-28-51-26-24-49-22-20-47-19-21-48-23-25-50-27-29-52-31-33-54-35-37-56-39-41-58-43-13-7-4-8-14-43/h4-18H,19-42H2,1-3H3. The van der Waals surface area contributed by atoms with E-state index >= 15 is 0 Å². The summed E-state index contributed by atoms with van der Waals surface area (Å²) in [6.07, 6.45) is 0. The van der Waals surface area contributed by atoms with Gasteiger partial charge in [-0.3, -0.25) is 0 Å². The van der Waals surface area contributed by atoms with Crippen LogP contribution in [0.2, 0.25) is 5.04 Å². The summed E-state index contributed by atoms with van der Waals surface area (Å²) in [6, 6.07) is 31.0. The molecule has 13 nitrogen and oxygen atoms in total. The molecule has 0 saturated heterocycles. The summed E-state index contributed by atoms with van der Waals surface area (Å²) in [5.41, 5.74) is 0. The highest BCUT2D eigenvalue weighted by Crippen LogP contribution is 2.36. The van der Waals surface area contributed by atoms with Crippen LogP contribution in [-0.2, 0) is 56.5 Å². The number of rotatable bonds is 40. The second-order valence-corrected chi connectivity index (χ2v) is 18.7. The van der Waals surface area contributed by atoms with E-state index in [9.17, 15) is 0 Å². The highest BCUT2D eigenvalue weighted by atomic mass is 28.4. The van der Waals surface area contributed by atoms with Crippen molar-refractivity contribution in [3.63, 3.8) is 0 Å². The third-order valence-electron chi connectivity index (χ3n) is 8.92. The topological polar surface area (TPSA) is 120 Å². The van der Waals surface area contributed by atoms with Crippen LogP contribution in [0.1, 0.15) is 20.8 Å². The van der Waals surface area contributed by atoms with Crippen LogP contribution in [-0.4, -0.2) is 167 Å². The first-order valence-corrected chi connectivity index (χ1v) is 23.2. The highest BCUT2D eigenvalue weighted by Gasteiger charge is 2.50. The molecular formula is C46H72O13Si. The summed E-state index contributed by atoms with van der Waals surface area (Å²) in [6.45, 7) is 19.0. The van der Waals surface area contributed by atoms with Gasteiger partial charge in [0.2, 0.25) is 0 Å². The maximum absolute atomic E-state index is 6.85. The van der Waals surface area contributed by atoms with E-state index in [1.165, 1.54) is 10.4 Å². The van der Waals surface area contributed by atoms with Crippen molar-refractivity contribution in [3.8, 4) is 5.75 Å². The fourth-order valence-corrected chi connectivity index (χ4v) is 10.6. The molecule has 0 aliphatic heterocycles. The van der Waals surface area contributed by atoms with Gasteiger partial charge in [-0.2, -0.15) is 0 Å². The maximum Gasteiger partial charge on any atom is 0.261 e. The van der Waals surface area contributed by atoms with Gasteiger partial charge >= 0.3 is 0 Å². The third-order valence-corrected chi connectivity index (χ3v) is 14.0. The molecular weight excluding hydrogens is 789 g/mol. The number of hydrogen-bond acceptors (Lipinski definition) is 13. The Balaban J connectivity index is 0.975. The fourth-order valence-electron chi connectivity index (χ4n) is 6.05. The molecule has 0 heterocycles. The van der Waals surface area contributed by atoms with Crippen LogP contribution in [0.4, 0.5) is 0 Å². The Morgan fingerprint density at radius 1 is 0.300 bits per heavy atom. The van der Waals surface area contributed by atoms with Gasteiger partial charge in [0.05, 0.1) is 152 Å². The summed E-state index contributed by atoms with van der Waals surface area (Å²) >= 11 is 0. The van der Waals surface area contributed by atoms with Gasteiger partial charge in [0.25, 0.3) is 8.32 Å². The summed E-state index contributed by atoms with van der Waals surface area (Å²) in [5, 5.41) is 2.47. The highest BCUT2D eigenvalue weighted by molar-refractivity contribution is 6.99. The van der Waals surface area contributed by atoms with Crippen LogP contribution < -0.4 is 15.1 Å². The smallest absolute Gasteiger partial charge is 0.261 e. The van der Waals surface area contributed by atoms with E-state index in [0.29, 0.717) is 159 Å². The van der Waals surface area contributed by atoms with Crippen molar-refractivity contribution < 1.29 is 61.3 Å². The molecule has 3 aromatic rings. The van der Waals surface area contributed by atoms with Gasteiger partial charge in [-0.15, -0.1) is 0 Å². The normalized spacial score (nSPS) is 12.0. The summed E-state index contributed by atoms with van der Waals surface area (Å²) in [7, 11) is -2.54. The molecule has 0 atom stereocenters. The zero-order valence-electron chi connectivity index (χ0n) is 36.4. The predicted octanol–water partition coefficient (Wildman–Crippen LogP) is 4.82. The Morgan fingerprint density at radius 2 is 0.533 bits per heavy atom. The van der Waals surface area contributed by atoms with Crippen molar-refractivity contribution in [1.29, 1.82) is 0 Å². The first kappa shape index (κ1) is 51.5. The van der Waals surface area contributed by atoms with Gasteiger partial charge in [0, 0.05) is 0 Å². The second kappa shape index (κ2) is 34.7. The molecule has 338 valence electrons. The average Bonchev–Trinajstić information content (AvgIpc) is 3.26. The van der Waals surface area contributed by atoms with Crippen molar-refractivity contribution in [1.82, 2.24) is 0 Å². The average molecular weight is 861 g/mol. The van der Waals surface area contributed by atoms with Gasteiger partial charge in [-0.25, -0.2) is 0 Å². The lowest BCUT2D eigenvalue weighted by molar-refractivity contribution is -0.0279. The molecule has 0 fully saturated rings. The second-order valence-electron chi connectivity index (χ2n) is 14.4. The third kappa shape index (κ3) is 23.4. The Morgan fingerprint density at radius 3 is 0.800 bits per heavy atom. The Labute approximate surface area is 360 Å². The van der Waals surface area contributed by atoms with Gasteiger partial charge in [0.15, 0.2) is 0 Å². The number of ether oxygens (including phenoxy) is 12. The lowest BCUT2D eigenvalue weighted by Crippen LogP contribution is -2.66. The Bertz CT molecular complexity index is 1330. The number of benzene rings is 3. The molecule has 0 aromatic heterocycles. The van der Waals surface area contributed by atoms with Crippen LogP contribution in [0, 0.1) is 0 Å². The van der Waals surface area contributed by atoms with Crippen LogP contribution >= 0.6 is 0 Å². The molecule has 0 saturated carbocycles. The Kier molecular flexibility index (Phi) is 29.9. The molecule has 60 heavy (non-hydrogen) atoms. The largest absolute Gasteiger partial charge is 0.491 e. The lowest BCUT2D eigenvalue weighted by Gasteiger charge is -2.43. The molecule has 0 radical (unpaired) electrons. The van der Waals surface area contributed by atoms with E-state index in [1.54, 1.807) is 0 Å². The lowest BCUT2D eigenvalue weighted by atomic mass is 10.2. The molecule has 3 aromatic carbocycles. The molecule has 0 spiro atoms. The molecule has 0 bridgehead atoms. The fraction of sp³-hybridized carbons (Fsp3) is 0.609. The van der Waals surface area contributed by atoms with Gasteiger partial charge in [0.1, 0.15) is 12.4 Å². The molecule has 3 rings (SSSR count). The van der Waals surface area contributed by atoms with Crippen LogP contribution in [0.15, 0.2) is 91.0 Å². The zero-order chi connectivity index (χ0) is 42.5. The first-order valence-electron chi connectivity index (χ1n) is 21.3. The van der Waals surface area contributed by atoms with Gasteiger partial charge in [-0.1, -0.05) is 99.6 Å². The van der Waals surface area contributed by atoms with Crippen molar-refractivity contribution in [2.75, 3.05) is 159 Å². The zero-order valence-corrected chi connectivity index (χ0v) is 37.4. The van der Waals surface area contributed by atoms with Gasteiger partial charge < -0.3 is 61.3 Å². The molecule has 0 amide bonds. The monoisotopic (exact) mass is 860 g/mol. The van der Waals surface area contributed by atoms with E-state index in [-0.39, 0.29) is 5.04 Å². The predicted molar refractivity (Wildman–Crippen MR) is 235 cm³/mol. The quantitative estimate of drug-likeness (QED) is 0.0575. The van der Waals surface area contributed by atoms with Crippen LogP contribution in [0.25, 0.3) is 0 Å². The molecule has 0 unspecified atom stereocenters. The van der Waals surface area contributed by atoms with Gasteiger partial charge in [-0.05, 0) is 27.5 Å². The minimum atomic E-state index is -2.54. The first-order chi connectivity index (χ1) is 29.5. The molecule has 0 aliphatic rings. The van der Waals surface area contributed by atoms with Crippen LogP contribution in [0.5, 0.6) is 5.75 Å². The molecule has 0 aliphatic carbocycles. The van der Waals surface area contributed by atoms with Crippen molar-refractivity contribution >= 4 is 18.7 Å². The maximum atomic E-state index is 6.85. The van der Waals surface area contributed by atoms with Crippen molar-refractivity contribution in [2.45, 2.75) is 25.8 Å². The summed E-state index contributed by atoms with van der Waals surface area (Å²) in [4.78, 5) is 0. The molecule has 0 N–H and O–H groups in total. The van der Waals surface area contributed by atoms with E-state index in [2.05, 4.69) is 81.4 Å². The van der Waals surface area contributed by atoms with E-state index < -0.39 is 8.32 Å². The molecule has 14 heteroatoms. The van der Waals surface area contributed by atoms with E-state index in [0.717, 1.165) is 5.75 Å². The summed E-state index contributed by atoms with van der Waals surface area (Å²) < 4.78 is 73.7. The number of para-hydroxylation sites is 1. The SMILES string of the molecule is CC(C)(C)[Si](OCCOCCOCCOCCOCCOCCOCCOCCOCCOCCOCCOCCOc1ccccc1)(c1ccccc1)c1ccccc1. The van der Waals surface area contributed by atoms with E-state index in [1.807, 2.05) is 30.3 Å². The minimum absolute atomic E-state index is 0.0593. The van der Waals surface area contributed by atoms with Crippen molar-refractivity contribution in [3.05, 3.63) is 91.0 Å². The minimum Gasteiger partial charge on any atom is -0.491 e. The van der Waals surface area contributed by atoms with Crippen molar-refractivity contribution in [2.24, 2.45) is 0 Å². The van der Waals surface area contributed by atoms with E-state index in [4.69, 9.17) is 61.3 Å².